The third kappa shape index (κ3) is 2.37. The van der Waals surface area contributed by atoms with Gasteiger partial charge < -0.3 is 0 Å². The van der Waals surface area contributed by atoms with Crippen molar-refractivity contribution in [2.24, 2.45) is 0 Å². The van der Waals surface area contributed by atoms with Gasteiger partial charge >= 0.3 is 5.69 Å². The molecule has 4 nitrogen and oxygen atoms in total. The Morgan fingerprint density at radius 3 is 2.94 bits per heavy atom. The molecular formula is C10H7ClN2O2S. The van der Waals surface area contributed by atoms with Gasteiger partial charge in [0.2, 0.25) is 0 Å². The van der Waals surface area contributed by atoms with E-state index < -0.39 is 5.69 Å². The quantitative estimate of drug-likeness (QED) is 0.786. The Bertz CT molecular complexity index is 576. The van der Waals surface area contributed by atoms with Gasteiger partial charge in [-0.1, -0.05) is 11.6 Å². The van der Waals surface area contributed by atoms with E-state index in [9.17, 15) is 9.59 Å². The van der Waals surface area contributed by atoms with Crippen molar-refractivity contribution in [3.8, 4) is 0 Å². The van der Waals surface area contributed by atoms with Gasteiger partial charge in [-0.3, -0.25) is 9.36 Å². The zero-order chi connectivity index (χ0) is 11.5. The van der Waals surface area contributed by atoms with Crippen molar-refractivity contribution in [2.45, 2.75) is 6.54 Å². The van der Waals surface area contributed by atoms with Gasteiger partial charge in [0.15, 0.2) is 5.78 Å². The van der Waals surface area contributed by atoms with Crippen molar-refractivity contribution in [1.82, 2.24) is 9.55 Å². The lowest BCUT2D eigenvalue weighted by atomic mass is 10.3. The average molecular weight is 255 g/mol. The number of carbonyl (C=O) groups is 1. The summed E-state index contributed by atoms with van der Waals surface area (Å²) in [5, 5.41) is 0. The lowest BCUT2D eigenvalue weighted by Gasteiger charge is -2.01. The third-order valence-electron chi connectivity index (χ3n) is 1.94. The molecule has 0 aliphatic rings. The molecule has 2 heterocycles. The van der Waals surface area contributed by atoms with Gasteiger partial charge in [-0.05, 0) is 18.2 Å². The number of carbonyl (C=O) groups excluding carboxylic acids is 1. The molecule has 0 N–H and O–H groups in total. The van der Waals surface area contributed by atoms with E-state index in [0.717, 1.165) is 0 Å². The summed E-state index contributed by atoms with van der Waals surface area (Å²) in [6.45, 7) is -0.0104. The Morgan fingerprint density at radius 2 is 2.31 bits per heavy atom. The maximum atomic E-state index is 11.7. The van der Waals surface area contributed by atoms with Crippen molar-refractivity contribution in [3.63, 3.8) is 0 Å². The van der Waals surface area contributed by atoms with Gasteiger partial charge in [0.1, 0.15) is 0 Å². The van der Waals surface area contributed by atoms with Gasteiger partial charge in [0, 0.05) is 12.4 Å². The second-order valence-electron chi connectivity index (χ2n) is 3.06. The van der Waals surface area contributed by atoms with Crippen molar-refractivity contribution < 1.29 is 4.79 Å². The van der Waals surface area contributed by atoms with Crippen molar-refractivity contribution in [2.75, 3.05) is 0 Å². The fraction of sp³-hybridized carbons (Fsp3) is 0.100. The van der Waals surface area contributed by atoms with Crippen LogP contribution in [0.4, 0.5) is 0 Å². The highest BCUT2D eigenvalue weighted by atomic mass is 35.5. The van der Waals surface area contributed by atoms with E-state index in [-0.39, 0.29) is 12.3 Å². The first-order chi connectivity index (χ1) is 7.66. The summed E-state index contributed by atoms with van der Waals surface area (Å²) in [5.74, 6) is -0.146. The van der Waals surface area contributed by atoms with Gasteiger partial charge in [-0.25, -0.2) is 9.78 Å². The number of ketones is 1. The third-order valence-corrected chi connectivity index (χ3v) is 3.22. The number of hydrogen-bond acceptors (Lipinski definition) is 4. The number of thiophene rings is 1. The van der Waals surface area contributed by atoms with E-state index in [1.807, 2.05) is 0 Å². The molecule has 0 saturated heterocycles. The predicted octanol–water partition coefficient (Wildman–Crippen LogP) is 1.84. The highest BCUT2D eigenvalue weighted by Gasteiger charge is 2.10. The highest BCUT2D eigenvalue weighted by Crippen LogP contribution is 2.21. The summed E-state index contributed by atoms with van der Waals surface area (Å²) < 4.78 is 1.82. The van der Waals surface area contributed by atoms with E-state index >= 15 is 0 Å². The van der Waals surface area contributed by atoms with Gasteiger partial charge in [0.05, 0.1) is 15.8 Å². The van der Waals surface area contributed by atoms with Crippen LogP contribution in [-0.2, 0) is 6.54 Å². The van der Waals surface area contributed by atoms with Crippen LogP contribution in [0.15, 0.2) is 35.4 Å². The van der Waals surface area contributed by atoms with E-state index in [1.165, 1.54) is 28.3 Å². The Balaban J connectivity index is 2.20. The lowest BCUT2D eigenvalue weighted by molar-refractivity contribution is 0.0974. The smallest absolute Gasteiger partial charge is 0.291 e. The molecule has 0 atom stereocenters. The van der Waals surface area contributed by atoms with Gasteiger partial charge in [-0.2, -0.15) is 0 Å². The van der Waals surface area contributed by atoms with E-state index in [2.05, 4.69) is 4.98 Å². The maximum Gasteiger partial charge on any atom is 0.347 e. The fourth-order valence-corrected chi connectivity index (χ4v) is 2.18. The molecule has 0 aliphatic carbocycles. The van der Waals surface area contributed by atoms with Crippen molar-refractivity contribution in [3.05, 3.63) is 50.3 Å². The Kier molecular flexibility index (Phi) is 3.17. The summed E-state index contributed by atoms with van der Waals surface area (Å²) in [5.41, 5.74) is -0.432. The molecule has 16 heavy (non-hydrogen) atoms. The summed E-state index contributed by atoms with van der Waals surface area (Å²) >= 11 is 6.93. The molecule has 0 unspecified atom stereocenters. The van der Waals surface area contributed by atoms with Crippen LogP contribution in [0.25, 0.3) is 0 Å². The zero-order valence-electron chi connectivity index (χ0n) is 8.09. The fourth-order valence-electron chi connectivity index (χ4n) is 1.20. The van der Waals surface area contributed by atoms with Crippen molar-refractivity contribution >= 4 is 28.7 Å². The van der Waals surface area contributed by atoms with Gasteiger partial charge in [0.25, 0.3) is 0 Å². The standard InChI is InChI=1S/C10H7ClN2O2S/c11-9-3-2-8(16-9)7(14)6-13-5-1-4-12-10(13)15/h1-5H,6H2. The monoisotopic (exact) mass is 254 g/mol. The normalized spacial score (nSPS) is 10.3. The van der Waals surface area contributed by atoms with Crippen LogP contribution in [0, 0.1) is 0 Å². The zero-order valence-corrected chi connectivity index (χ0v) is 9.66. The van der Waals surface area contributed by atoms with E-state index in [0.29, 0.717) is 9.21 Å². The number of halogens is 1. The molecule has 0 radical (unpaired) electrons. The molecule has 2 aromatic heterocycles. The highest BCUT2D eigenvalue weighted by molar-refractivity contribution is 7.18. The lowest BCUT2D eigenvalue weighted by Crippen LogP contribution is -2.25. The number of aromatic nitrogens is 2. The first kappa shape index (κ1) is 11.0. The van der Waals surface area contributed by atoms with Gasteiger partial charge in [-0.15, -0.1) is 11.3 Å². The molecule has 82 valence electrons. The first-order valence-corrected chi connectivity index (χ1v) is 5.66. The number of rotatable bonds is 3. The van der Waals surface area contributed by atoms with Crippen LogP contribution in [0.2, 0.25) is 4.34 Å². The molecule has 0 amide bonds. The predicted molar refractivity (Wildman–Crippen MR) is 62.2 cm³/mol. The second-order valence-corrected chi connectivity index (χ2v) is 4.77. The Hall–Kier alpha value is -1.46. The molecule has 0 spiro atoms. The van der Waals surface area contributed by atoms with E-state index in [1.54, 1.807) is 18.2 Å². The van der Waals surface area contributed by atoms with E-state index in [4.69, 9.17) is 11.6 Å². The summed E-state index contributed by atoms with van der Waals surface area (Å²) in [6, 6.07) is 4.91. The Labute approximate surface area is 100 Å². The minimum Gasteiger partial charge on any atom is -0.291 e. The van der Waals surface area contributed by atoms with Crippen molar-refractivity contribution in [1.29, 1.82) is 0 Å². The second kappa shape index (κ2) is 4.59. The largest absolute Gasteiger partial charge is 0.347 e. The van der Waals surface area contributed by atoms with Crippen LogP contribution < -0.4 is 5.69 Å². The molecule has 2 aromatic rings. The summed E-state index contributed by atoms with van der Waals surface area (Å²) in [7, 11) is 0. The topological polar surface area (TPSA) is 52.0 Å². The molecule has 0 bridgehead atoms. The number of Topliss-reactive ketones (excluding diaryl/α,β-unsaturated/α-hetero) is 1. The van der Waals surface area contributed by atoms with Crippen LogP contribution >= 0.6 is 22.9 Å². The van der Waals surface area contributed by atoms with Crippen LogP contribution in [0.5, 0.6) is 0 Å². The Morgan fingerprint density at radius 1 is 1.50 bits per heavy atom. The average Bonchev–Trinajstić information content (AvgIpc) is 2.68. The molecule has 6 heteroatoms. The maximum absolute atomic E-state index is 11.7. The molecule has 0 fully saturated rings. The first-order valence-electron chi connectivity index (χ1n) is 4.47. The minimum atomic E-state index is -0.432. The molecular weight excluding hydrogens is 248 g/mol. The minimum absolute atomic E-state index is 0.0104. The van der Waals surface area contributed by atoms with Crippen LogP contribution in [0.3, 0.4) is 0 Å². The summed E-state index contributed by atoms with van der Waals surface area (Å²) in [4.78, 5) is 27.1. The molecule has 0 aliphatic heterocycles. The summed E-state index contributed by atoms with van der Waals surface area (Å²) in [6.07, 6.45) is 2.92. The van der Waals surface area contributed by atoms with Crippen LogP contribution in [0.1, 0.15) is 9.67 Å². The molecule has 2 rings (SSSR count). The van der Waals surface area contributed by atoms with Crippen LogP contribution in [-0.4, -0.2) is 15.3 Å². The molecule has 0 aromatic carbocycles. The SMILES string of the molecule is O=C(Cn1cccnc1=O)c1ccc(Cl)s1. The number of nitrogens with zero attached hydrogens (tertiary/aromatic N) is 2. The molecule has 0 saturated carbocycles. The number of hydrogen-bond donors (Lipinski definition) is 0.